The standard InChI is InChI=1S/C10H19N/c11-7-9-6-10(9)8-4-2-1-3-5-8/h8-10H,1-7,11H2/t9-,10-/m1/s1. The van der Waals surface area contributed by atoms with E-state index < -0.39 is 0 Å². The van der Waals surface area contributed by atoms with E-state index in [1.807, 2.05) is 0 Å². The van der Waals surface area contributed by atoms with Crippen LogP contribution in [0.3, 0.4) is 0 Å². The fourth-order valence-corrected chi connectivity index (χ4v) is 2.68. The van der Waals surface area contributed by atoms with Crippen molar-refractivity contribution in [2.24, 2.45) is 23.5 Å². The molecule has 0 aliphatic heterocycles. The Morgan fingerprint density at radius 2 is 1.82 bits per heavy atom. The molecule has 64 valence electrons. The van der Waals surface area contributed by atoms with E-state index in [2.05, 4.69) is 0 Å². The quantitative estimate of drug-likeness (QED) is 0.646. The Kier molecular flexibility index (Phi) is 2.17. The molecule has 0 aromatic heterocycles. The largest absolute Gasteiger partial charge is 0.330 e. The van der Waals surface area contributed by atoms with Crippen molar-refractivity contribution in [2.75, 3.05) is 6.54 Å². The van der Waals surface area contributed by atoms with Gasteiger partial charge < -0.3 is 5.73 Å². The second kappa shape index (κ2) is 3.14. The van der Waals surface area contributed by atoms with E-state index in [0.29, 0.717) is 0 Å². The summed E-state index contributed by atoms with van der Waals surface area (Å²) in [6.07, 6.45) is 8.90. The normalized spacial score (nSPS) is 39.0. The van der Waals surface area contributed by atoms with Gasteiger partial charge in [-0.05, 0) is 30.7 Å². The second-order valence-electron chi connectivity index (χ2n) is 4.29. The molecule has 0 aromatic rings. The molecule has 0 amide bonds. The Balaban J connectivity index is 1.77. The van der Waals surface area contributed by atoms with Crippen molar-refractivity contribution in [3.05, 3.63) is 0 Å². The Hall–Kier alpha value is -0.0400. The molecule has 2 atom stereocenters. The maximum absolute atomic E-state index is 5.63. The first kappa shape index (κ1) is 7.60. The maximum Gasteiger partial charge on any atom is -0.00460 e. The highest BCUT2D eigenvalue weighted by Gasteiger charge is 2.41. The van der Waals surface area contributed by atoms with Crippen molar-refractivity contribution >= 4 is 0 Å². The molecule has 2 saturated carbocycles. The number of rotatable bonds is 2. The summed E-state index contributed by atoms with van der Waals surface area (Å²) in [5.74, 6) is 3.02. The van der Waals surface area contributed by atoms with Crippen molar-refractivity contribution in [1.29, 1.82) is 0 Å². The Morgan fingerprint density at radius 1 is 1.09 bits per heavy atom. The van der Waals surface area contributed by atoms with Crippen LogP contribution in [0.4, 0.5) is 0 Å². The first-order chi connectivity index (χ1) is 5.42. The van der Waals surface area contributed by atoms with E-state index in [0.717, 1.165) is 24.3 Å². The van der Waals surface area contributed by atoms with E-state index in [9.17, 15) is 0 Å². The summed E-state index contributed by atoms with van der Waals surface area (Å²) < 4.78 is 0. The Morgan fingerprint density at radius 3 is 2.36 bits per heavy atom. The molecular formula is C10H19N. The van der Waals surface area contributed by atoms with E-state index in [4.69, 9.17) is 5.73 Å². The molecule has 2 aliphatic rings. The zero-order valence-corrected chi connectivity index (χ0v) is 7.26. The van der Waals surface area contributed by atoms with Crippen molar-refractivity contribution < 1.29 is 0 Å². The van der Waals surface area contributed by atoms with Gasteiger partial charge in [-0.25, -0.2) is 0 Å². The van der Waals surface area contributed by atoms with Gasteiger partial charge in [0.2, 0.25) is 0 Å². The molecule has 2 N–H and O–H groups in total. The monoisotopic (exact) mass is 153 g/mol. The van der Waals surface area contributed by atoms with Crippen LogP contribution < -0.4 is 5.73 Å². The first-order valence-electron chi connectivity index (χ1n) is 5.12. The van der Waals surface area contributed by atoms with Gasteiger partial charge in [-0.15, -0.1) is 0 Å². The molecule has 2 rings (SSSR count). The number of nitrogens with two attached hydrogens (primary N) is 1. The van der Waals surface area contributed by atoms with Crippen molar-refractivity contribution in [1.82, 2.24) is 0 Å². The zero-order chi connectivity index (χ0) is 7.68. The third-order valence-corrected chi connectivity index (χ3v) is 3.54. The van der Waals surface area contributed by atoms with Gasteiger partial charge in [-0.1, -0.05) is 32.1 Å². The summed E-state index contributed by atoms with van der Waals surface area (Å²) in [6, 6.07) is 0. The molecule has 2 fully saturated rings. The predicted octanol–water partition coefficient (Wildman–Crippen LogP) is 2.16. The molecule has 1 heteroatoms. The van der Waals surface area contributed by atoms with Crippen molar-refractivity contribution in [2.45, 2.75) is 38.5 Å². The minimum absolute atomic E-state index is 0.915. The molecule has 0 aromatic carbocycles. The van der Waals surface area contributed by atoms with Crippen molar-refractivity contribution in [3.8, 4) is 0 Å². The van der Waals surface area contributed by atoms with Gasteiger partial charge in [0.25, 0.3) is 0 Å². The van der Waals surface area contributed by atoms with Gasteiger partial charge in [0.15, 0.2) is 0 Å². The minimum atomic E-state index is 0.915. The second-order valence-corrected chi connectivity index (χ2v) is 4.29. The lowest BCUT2D eigenvalue weighted by atomic mass is 9.85. The average molecular weight is 153 g/mol. The van der Waals surface area contributed by atoms with E-state index in [1.165, 1.54) is 38.5 Å². The van der Waals surface area contributed by atoms with Gasteiger partial charge in [0.05, 0.1) is 0 Å². The van der Waals surface area contributed by atoms with Crippen LogP contribution in [0.25, 0.3) is 0 Å². The van der Waals surface area contributed by atoms with Crippen LogP contribution >= 0.6 is 0 Å². The van der Waals surface area contributed by atoms with Crippen LogP contribution in [-0.4, -0.2) is 6.54 Å². The highest BCUT2D eigenvalue weighted by molar-refractivity contribution is 4.92. The van der Waals surface area contributed by atoms with Crippen LogP contribution in [0, 0.1) is 17.8 Å². The summed E-state index contributed by atoms with van der Waals surface area (Å²) in [6.45, 7) is 0.946. The third-order valence-electron chi connectivity index (χ3n) is 3.54. The lowest BCUT2D eigenvalue weighted by Crippen LogP contribution is -2.12. The fraction of sp³-hybridized carbons (Fsp3) is 1.00. The van der Waals surface area contributed by atoms with E-state index >= 15 is 0 Å². The molecule has 2 aliphatic carbocycles. The van der Waals surface area contributed by atoms with Crippen molar-refractivity contribution in [3.63, 3.8) is 0 Å². The summed E-state index contributed by atoms with van der Waals surface area (Å²) in [4.78, 5) is 0. The molecule has 0 radical (unpaired) electrons. The van der Waals surface area contributed by atoms with Gasteiger partial charge in [-0.3, -0.25) is 0 Å². The van der Waals surface area contributed by atoms with Gasteiger partial charge in [0, 0.05) is 0 Å². The van der Waals surface area contributed by atoms with Crippen LogP contribution in [0.2, 0.25) is 0 Å². The highest BCUT2D eigenvalue weighted by Crippen LogP contribution is 2.48. The van der Waals surface area contributed by atoms with E-state index in [1.54, 1.807) is 0 Å². The molecule has 0 heterocycles. The molecule has 11 heavy (non-hydrogen) atoms. The summed E-state index contributed by atoms with van der Waals surface area (Å²) >= 11 is 0. The van der Waals surface area contributed by atoms with Crippen LogP contribution in [0.15, 0.2) is 0 Å². The molecule has 0 spiro atoms. The SMILES string of the molecule is NC[C@H]1C[C@@H]1C1CCCCC1. The molecular weight excluding hydrogens is 134 g/mol. The average Bonchev–Trinajstić information content (AvgIpc) is 2.85. The Bertz CT molecular complexity index is 127. The molecule has 1 nitrogen and oxygen atoms in total. The van der Waals surface area contributed by atoms with Gasteiger partial charge in [-0.2, -0.15) is 0 Å². The molecule has 0 unspecified atom stereocenters. The minimum Gasteiger partial charge on any atom is -0.330 e. The number of hydrogen-bond donors (Lipinski definition) is 1. The highest BCUT2D eigenvalue weighted by atomic mass is 14.6. The predicted molar refractivity (Wildman–Crippen MR) is 47.2 cm³/mol. The fourth-order valence-electron chi connectivity index (χ4n) is 2.68. The maximum atomic E-state index is 5.63. The van der Waals surface area contributed by atoms with Crippen LogP contribution in [0.5, 0.6) is 0 Å². The van der Waals surface area contributed by atoms with Gasteiger partial charge >= 0.3 is 0 Å². The van der Waals surface area contributed by atoms with Crippen LogP contribution in [0.1, 0.15) is 38.5 Å². The van der Waals surface area contributed by atoms with Gasteiger partial charge in [0.1, 0.15) is 0 Å². The topological polar surface area (TPSA) is 26.0 Å². The molecule has 0 saturated heterocycles. The van der Waals surface area contributed by atoms with E-state index in [-0.39, 0.29) is 0 Å². The lowest BCUT2D eigenvalue weighted by molar-refractivity contribution is 0.310. The zero-order valence-electron chi connectivity index (χ0n) is 7.26. The summed E-state index contributed by atoms with van der Waals surface area (Å²) in [5.41, 5.74) is 5.63. The first-order valence-corrected chi connectivity index (χ1v) is 5.12. The third kappa shape index (κ3) is 1.58. The lowest BCUT2D eigenvalue weighted by Gasteiger charge is -2.21. The number of hydrogen-bond acceptors (Lipinski definition) is 1. The smallest absolute Gasteiger partial charge is 0.00460 e. The molecule has 0 bridgehead atoms. The Labute approximate surface area is 69.4 Å². The summed E-state index contributed by atoms with van der Waals surface area (Å²) in [7, 11) is 0. The summed E-state index contributed by atoms with van der Waals surface area (Å²) in [5, 5.41) is 0. The van der Waals surface area contributed by atoms with Crippen LogP contribution in [-0.2, 0) is 0 Å².